The lowest BCUT2D eigenvalue weighted by molar-refractivity contribution is 0.105. The topological polar surface area (TPSA) is 58.8 Å². The maximum Gasteiger partial charge on any atom is 0.191 e. The number of nitrogens with one attached hydrogen (secondary N) is 2. The highest BCUT2D eigenvalue weighted by molar-refractivity contribution is 14.0. The van der Waals surface area contributed by atoms with Gasteiger partial charge < -0.3 is 19.8 Å². The van der Waals surface area contributed by atoms with Crippen molar-refractivity contribution < 1.29 is 9.15 Å². The van der Waals surface area contributed by atoms with E-state index >= 15 is 0 Å². The van der Waals surface area contributed by atoms with Gasteiger partial charge in [-0.15, -0.1) is 35.3 Å². The Kier molecular flexibility index (Phi) is 11.1. The van der Waals surface area contributed by atoms with Crippen LogP contribution in [0.4, 0.5) is 0 Å². The molecule has 0 unspecified atom stereocenters. The van der Waals surface area contributed by atoms with Gasteiger partial charge in [0.05, 0.1) is 12.8 Å². The van der Waals surface area contributed by atoms with Crippen molar-refractivity contribution in [1.29, 1.82) is 0 Å². The van der Waals surface area contributed by atoms with Gasteiger partial charge in [0.1, 0.15) is 5.76 Å². The molecule has 0 aliphatic heterocycles. The highest BCUT2D eigenvalue weighted by atomic mass is 127. The number of aliphatic imine (C=N–C) groups is 1. The molecule has 0 saturated heterocycles. The third-order valence-corrected chi connectivity index (χ3v) is 6.35. The second-order valence-electron chi connectivity index (χ2n) is 7.51. The minimum atomic E-state index is 0. The third-order valence-electron chi connectivity index (χ3n) is 5.49. The van der Waals surface area contributed by atoms with Gasteiger partial charge in [-0.1, -0.05) is 18.9 Å². The molecule has 3 rings (SSSR count). The Balaban J connectivity index is 0.00000300. The Labute approximate surface area is 195 Å². The Hall–Kier alpha value is -1.06. The van der Waals surface area contributed by atoms with Crippen molar-refractivity contribution in [1.82, 2.24) is 10.6 Å². The van der Waals surface area contributed by atoms with Crippen LogP contribution in [0.3, 0.4) is 0 Å². The lowest BCUT2D eigenvalue weighted by Crippen LogP contribution is -2.44. The monoisotopic (exact) mass is 531 g/mol. The standard InChI is InChI=1S/C22H33N3O2S.HI/c1-2-26-15-12-22(10-3-4-11-22)18-25-21(24-17-20-8-6-16-28-20)23-13-9-19-7-5-14-27-19;/h5-8,14,16H,2-4,9-13,15,17-18H2,1H3,(H2,23,24,25);1H. The fourth-order valence-electron chi connectivity index (χ4n) is 3.84. The fraction of sp³-hybridized carbons (Fsp3) is 0.591. The molecule has 5 nitrogen and oxygen atoms in total. The predicted octanol–water partition coefficient (Wildman–Crippen LogP) is 5.22. The highest BCUT2D eigenvalue weighted by Gasteiger charge is 2.33. The molecule has 0 radical (unpaired) electrons. The maximum atomic E-state index is 5.65. The first-order chi connectivity index (χ1) is 13.8. The highest BCUT2D eigenvalue weighted by Crippen LogP contribution is 2.40. The molecule has 2 aromatic heterocycles. The number of thiophene rings is 1. The zero-order chi connectivity index (χ0) is 19.5. The molecule has 0 aromatic carbocycles. The van der Waals surface area contributed by atoms with Crippen molar-refractivity contribution in [3.05, 3.63) is 46.5 Å². The second kappa shape index (κ2) is 13.3. The van der Waals surface area contributed by atoms with Crippen LogP contribution in [0, 0.1) is 5.41 Å². The van der Waals surface area contributed by atoms with Crippen LogP contribution in [0.1, 0.15) is 49.7 Å². The molecular weight excluding hydrogens is 497 g/mol. The van der Waals surface area contributed by atoms with Gasteiger partial charge in [-0.3, -0.25) is 0 Å². The summed E-state index contributed by atoms with van der Waals surface area (Å²) in [5.74, 6) is 1.89. The summed E-state index contributed by atoms with van der Waals surface area (Å²) in [5, 5.41) is 9.21. The number of nitrogens with zero attached hydrogens (tertiary/aromatic N) is 1. The van der Waals surface area contributed by atoms with E-state index < -0.39 is 0 Å². The largest absolute Gasteiger partial charge is 0.469 e. The molecule has 2 aromatic rings. The van der Waals surface area contributed by atoms with E-state index in [1.165, 1.54) is 30.6 Å². The number of guanidine groups is 1. The van der Waals surface area contributed by atoms with Crippen molar-refractivity contribution in [3.8, 4) is 0 Å². The Bertz CT molecular complexity index is 683. The smallest absolute Gasteiger partial charge is 0.191 e. The number of hydrogen-bond acceptors (Lipinski definition) is 4. The summed E-state index contributed by atoms with van der Waals surface area (Å²) in [4.78, 5) is 6.09. The van der Waals surface area contributed by atoms with Gasteiger partial charge in [-0.2, -0.15) is 0 Å². The minimum absolute atomic E-state index is 0. The van der Waals surface area contributed by atoms with Gasteiger partial charge >= 0.3 is 0 Å². The maximum absolute atomic E-state index is 5.65. The van der Waals surface area contributed by atoms with Gasteiger partial charge in [0, 0.05) is 37.6 Å². The molecule has 29 heavy (non-hydrogen) atoms. The molecule has 0 spiro atoms. The average Bonchev–Trinajstić information content (AvgIpc) is 3.47. The van der Waals surface area contributed by atoms with Crippen molar-refractivity contribution in [3.63, 3.8) is 0 Å². The number of hydrogen-bond donors (Lipinski definition) is 2. The molecule has 162 valence electrons. The number of halogens is 1. The molecule has 1 saturated carbocycles. The summed E-state index contributed by atoms with van der Waals surface area (Å²) in [6.07, 6.45) is 8.89. The molecule has 0 atom stereocenters. The van der Waals surface area contributed by atoms with Crippen LogP contribution in [-0.4, -0.2) is 32.3 Å². The molecule has 2 N–H and O–H groups in total. The summed E-state index contributed by atoms with van der Waals surface area (Å²) in [6, 6.07) is 8.16. The molecule has 0 bridgehead atoms. The zero-order valence-corrected chi connectivity index (χ0v) is 20.5. The fourth-order valence-corrected chi connectivity index (χ4v) is 4.47. The zero-order valence-electron chi connectivity index (χ0n) is 17.3. The van der Waals surface area contributed by atoms with Crippen LogP contribution in [-0.2, 0) is 17.7 Å². The van der Waals surface area contributed by atoms with E-state index in [-0.39, 0.29) is 24.0 Å². The van der Waals surface area contributed by atoms with Crippen LogP contribution in [0.25, 0.3) is 0 Å². The molecule has 1 aliphatic carbocycles. The lowest BCUT2D eigenvalue weighted by Gasteiger charge is -2.30. The lowest BCUT2D eigenvalue weighted by atomic mass is 9.83. The SMILES string of the molecule is CCOCCC1(CNC(=NCc2cccs2)NCCc2ccco2)CCCC1.I. The van der Waals surface area contributed by atoms with Gasteiger partial charge in [0.2, 0.25) is 0 Å². The molecule has 0 amide bonds. The summed E-state index contributed by atoms with van der Waals surface area (Å²) in [6.45, 7) is 6.18. The number of rotatable bonds is 11. The summed E-state index contributed by atoms with van der Waals surface area (Å²) in [7, 11) is 0. The Morgan fingerprint density at radius 1 is 1.24 bits per heavy atom. The molecule has 2 heterocycles. The van der Waals surface area contributed by atoms with Crippen LogP contribution < -0.4 is 10.6 Å². The molecule has 1 aliphatic rings. The third kappa shape index (κ3) is 8.30. The van der Waals surface area contributed by atoms with E-state index in [1.807, 2.05) is 12.1 Å². The Morgan fingerprint density at radius 3 is 2.79 bits per heavy atom. The number of ether oxygens (including phenoxy) is 1. The van der Waals surface area contributed by atoms with E-state index in [2.05, 4.69) is 35.1 Å². The van der Waals surface area contributed by atoms with E-state index in [9.17, 15) is 0 Å². The van der Waals surface area contributed by atoms with Crippen molar-refractivity contribution in [2.24, 2.45) is 10.4 Å². The van der Waals surface area contributed by atoms with Gasteiger partial charge in [-0.25, -0.2) is 4.99 Å². The molecular formula is C22H34IN3O2S. The van der Waals surface area contributed by atoms with Crippen molar-refractivity contribution in [2.45, 2.75) is 52.0 Å². The van der Waals surface area contributed by atoms with E-state index in [0.717, 1.165) is 50.9 Å². The quantitative estimate of drug-likeness (QED) is 0.181. The molecule has 7 heteroatoms. The summed E-state index contributed by atoms with van der Waals surface area (Å²) < 4.78 is 11.1. The average molecular weight is 532 g/mol. The second-order valence-corrected chi connectivity index (χ2v) is 8.54. The van der Waals surface area contributed by atoms with Crippen LogP contribution in [0.5, 0.6) is 0 Å². The van der Waals surface area contributed by atoms with E-state index in [4.69, 9.17) is 14.1 Å². The van der Waals surface area contributed by atoms with Crippen molar-refractivity contribution >= 4 is 41.3 Å². The Morgan fingerprint density at radius 2 is 2.10 bits per heavy atom. The number of furan rings is 1. The first-order valence-corrected chi connectivity index (χ1v) is 11.3. The summed E-state index contributed by atoms with van der Waals surface area (Å²) in [5.41, 5.74) is 0.335. The molecule has 1 fully saturated rings. The minimum Gasteiger partial charge on any atom is -0.469 e. The predicted molar refractivity (Wildman–Crippen MR) is 131 cm³/mol. The van der Waals surface area contributed by atoms with Crippen LogP contribution in [0.2, 0.25) is 0 Å². The van der Waals surface area contributed by atoms with Crippen LogP contribution in [0.15, 0.2) is 45.3 Å². The van der Waals surface area contributed by atoms with Crippen molar-refractivity contribution in [2.75, 3.05) is 26.3 Å². The first kappa shape index (κ1) is 24.2. The van der Waals surface area contributed by atoms with Gasteiger partial charge in [0.25, 0.3) is 0 Å². The van der Waals surface area contributed by atoms with Crippen LogP contribution >= 0.6 is 35.3 Å². The first-order valence-electron chi connectivity index (χ1n) is 10.4. The van der Waals surface area contributed by atoms with E-state index in [1.54, 1.807) is 17.6 Å². The van der Waals surface area contributed by atoms with Gasteiger partial charge in [0.15, 0.2) is 5.96 Å². The normalized spacial score (nSPS) is 15.8. The van der Waals surface area contributed by atoms with Gasteiger partial charge in [-0.05, 0) is 55.2 Å². The summed E-state index contributed by atoms with van der Waals surface area (Å²) >= 11 is 1.75. The van der Waals surface area contributed by atoms with E-state index in [0.29, 0.717) is 12.0 Å².